The Morgan fingerprint density at radius 2 is 2.12 bits per heavy atom. The van der Waals surface area contributed by atoms with Gasteiger partial charge in [0.25, 0.3) is 0 Å². The van der Waals surface area contributed by atoms with Crippen LogP contribution in [0.1, 0.15) is 24.0 Å². The van der Waals surface area contributed by atoms with E-state index < -0.39 is 13.1 Å². The van der Waals surface area contributed by atoms with Gasteiger partial charge < -0.3 is 25.4 Å². The van der Waals surface area contributed by atoms with E-state index in [1.807, 2.05) is 12.1 Å². The number of benzene rings is 1. The monoisotopic (exact) mass is 380 g/mol. The minimum atomic E-state index is -1.31. The quantitative estimate of drug-likeness (QED) is 0.532. The third kappa shape index (κ3) is 4.99. The highest BCUT2D eigenvalue weighted by molar-refractivity contribution is 6.40. The van der Waals surface area contributed by atoms with E-state index in [0.29, 0.717) is 25.7 Å². The molecule has 142 valence electrons. The molecule has 2 aliphatic rings. The van der Waals surface area contributed by atoms with Crippen LogP contribution in [-0.2, 0) is 17.8 Å². The van der Waals surface area contributed by atoms with Crippen molar-refractivity contribution in [3.05, 3.63) is 34.3 Å². The molecule has 0 aromatic heterocycles. The maximum absolute atomic E-state index is 11.6. The summed E-state index contributed by atoms with van der Waals surface area (Å²) in [4.78, 5) is 13.8. The molecule has 1 fully saturated rings. The molecule has 0 bridgehead atoms. The summed E-state index contributed by atoms with van der Waals surface area (Å²) in [6.45, 7) is 2.93. The van der Waals surface area contributed by atoms with Gasteiger partial charge in [0.05, 0.1) is 5.92 Å². The van der Waals surface area contributed by atoms with Gasteiger partial charge in [-0.2, -0.15) is 0 Å². The molecule has 26 heavy (non-hydrogen) atoms. The summed E-state index contributed by atoms with van der Waals surface area (Å²) < 4.78 is 0. The lowest BCUT2D eigenvalue weighted by molar-refractivity contribution is -0.142. The van der Waals surface area contributed by atoms with Gasteiger partial charge in [-0.1, -0.05) is 24.1 Å². The van der Waals surface area contributed by atoms with Gasteiger partial charge in [-0.15, -0.1) is 0 Å². The van der Waals surface area contributed by atoms with Crippen LogP contribution in [0.4, 0.5) is 0 Å². The van der Waals surface area contributed by atoms with E-state index in [1.54, 1.807) is 0 Å². The number of likely N-dealkylation sites (tertiary alicyclic amines) is 1. The van der Waals surface area contributed by atoms with Crippen LogP contribution in [0, 0.1) is 11.8 Å². The van der Waals surface area contributed by atoms with Crippen molar-refractivity contribution < 1.29 is 19.9 Å². The SMILES string of the molecule is O=C(O)[C@@H]1CN(CC2Cc3cc(Cl)ccc3CN2)C[C@@H]1CCCB(O)O. The number of carboxylic acids is 1. The molecule has 0 aliphatic carbocycles. The minimum absolute atomic E-state index is 0.0663. The first-order chi connectivity index (χ1) is 12.4. The summed E-state index contributed by atoms with van der Waals surface area (Å²) in [5.41, 5.74) is 2.54. The molecule has 8 heteroatoms. The normalized spacial score (nSPS) is 25.9. The van der Waals surface area contributed by atoms with Crippen LogP contribution >= 0.6 is 11.6 Å². The second kappa shape index (κ2) is 8.72. The Labute approximate surface area is 159 Å². The molecule has 1 unspecified atom stereocenters. The van der Waals surface area contributed by atoms with E-state index in [1.165, 1.54) is 11.1 Å². The predicted molar refractivity (Wildman–Crippen MR) is 101 cm³/mol. The number of nitrogens with zero attached hydrogens (tertiary/aromatic N) is 1. The first-order valence-corrected chi connectivity index (χ1v) is 9.62. The number of halogens is 1. The molecular weight excluding hydrogens is 354 g/mol. The van der Waals surface area contributed by atoms with Crippen molar-refractivity contribution in [2.24, 2.45) is 11.8 Å². The Morgan fingerprint density at radius 3 is 2.85 bits per heavy atom. The molecule has 2 heterocycles. The third-order valence-electron chi connectivity index (χ3n) is 5.57. The van der Waals surface area contributed by atoms with E-state index in [4.69, 9.17) is 21.6 Å². The Hall–Kier alpha value is -1.12. The number of hydrogen-bond donors (Lipinski definition) is 4. The van der Waals surface area contributed by atoms with Gasteiger partial charge >= 0.3 is 13.1 Å². The zero-order valence-electron chi connectivity index (χ0n) is 14.8. The summed E-state index contributed by atoms with van der Waals surface area (Å²) >= 11 is 6.11. The molecular formula is C18H26BClN2O4. The van der Waals surface area contributed by atoms with Crippen LogP contribution in [-0.4, -0.2) is 58.8 Å². The second-order valence-electron chi connectivity index (χ2n) is 7.53. The molecule has 0 radical (unpaired) electrons. The summed E-state index contributed by atoms with van der Waals surface area (Å²) in [6.07, 6.45) is 2.53. The number of rotatable bonds is 7. The number of hydrogen-bond acceptors (Lipinski definition) is 5. The molecule has 4 N–H and O–H groups in total. The number of carboxylic acid groups (broad SMARTS) is 1. The molecule has 1 aromatic rings. The Kier molecular flexibility index (Phi) is 6.58. The van der Waals surface area contributed by atoms with E-state index in [2.05, 4.69) is 16.3 Å². The molecule has 0 amide bonds. The van der Waals surface area contributed by atoms with E-state index in [0.717, 1.165) is 31.1 Å². The maximum atomic E-state index is 11.6. The average Bonchev–Trinajstić information content (AvgIpc) is 2.97. The predicted octanol–water partition coefficient (Wildman–Crippen LogP) is 1.24. The van der Waals surface area contributed by atoms with Crippen LogP contribution in [0.5, 0.6) is 0 Å². The number of fused-ring (bicyclic) bond motifs is 1. The molecule has 0 spiro atoms. The highest BCUT2D eigenvalue weighted by Crippen LogP contribution is 2.29. The van der Waals surface area contributed by atoms with Gasteiger partial charge in [-0.3, -0.25) is 4.79 Å². The number of aliphatic carboxylic acids is 1. The molecule has 0 saturated carbocycles. The van der Waals surface area contributed by atoms with Gasteiger partial charge in [0, 0.05) is 37.2 Å². The van der Waals surface area contributed by atoms with Crippen molar-refractivity contribution in [3.8, 4) is 0 Å². The van der Waals surface area contributed by atoms with Gasteiger partial charge in [0.2, 0.25) is 0 Å². The number of nitrogens with one attached hydrogen (secondary N) is 1. The van der Waals surface area contributed by atoms with Crippen LogP contribution in [0.15, 0.2) is 18.2 Å². The fraction of sp³-hybridized carbons (Fsp3) is 0.611. The molecule has 2 aliphatic heterocycles. The zero-order valence-corrected chi connectivity index (χ0v) is 15.5. The van der Waals surface area contributed by atoms with Crippen LogP contribution in [0.2, 0.25) is 11.3 Å². The van der Waals surface area contributed by atoms with Gasteiger partial charge in [0.15, 0.2) is 0 Å². The zero-order chi connectivity index (χ0) is 18.7. The molecule has 1 saturated heterocycles. The van der Waals surface area contributed by atoms with Gasteiger partial charge in [0.1, 0.15) is 0 Å². The first-order valence-electron chi connectivity index (χ1n) is 9.24. The van der Waals surface area contributed by atoms with Crippen molar-refractivity contribution in [3.63, 3.8) is 0 Å². The third-order valence-corrected chi connectivity index (χ3v) is 5.80. The lowest BCUT2D eigenvalue weighted by atomic mass is 9.80. The minimum Gasteiger partial charge on any atom is -0.481 e. The van der Waals surface area contributed by atoms with Gasteiger partial charge in [-0.05, 0) is 48.3 Å². The van der Waals surface area contributed by atoms with Crippen molar-refractivity contribution in [2.45, 2.75) is 38.2 Å². The highest BCUT2D eigenvalue weighted by atomic mass is 35.5. The van der Waals surface area contributed by atoms with E-state index in [-0.39, 0.29) is 17.9 Å². The molecule has 1 aromatic carbocycles. The summed E-state index contributed by atoms with van der Waals surface area (Å²) in [5, 5.41) is 31.8. The Balaban J connectivity index is 1.56. The van der Waals surface area contributed by atoms with Crippen LogP contribution in [0.3, 0.4) is 0 Å². The lowest BCUT2D eigenvalue weighted by Crippen LogP contribution is -2.44. The van der Waals surface area contributed by atoms with Crippen molar-refractivity contribution >= 4 is 24.7 Å². The second-order valence-corrected chi connectivity index (χ2v) is 7.97. The standard InChI is InChI=1S/C18H26BClN2O4/c20-15-4-3-12-8-21-16(7-14(12)6-15)10-22-9-13(2-1-5-19(25)26)17(11-22)18(23)24/h3-4,6,13,16-17,21,25-26H,1-2,5,7-11H2,(H,23,24)/t13-,16?,17+/m0/s1. The Bertz CT molecular complexity index is 646. The lowest BCUT2D eigenvalue weighted by Gasteiger charge is -2.30. The maximum Gasteiger partial charge on any atom is 0.451 e. The summed E-state index contributed by atoms with van der Waals surface area (Å²) in [6, 6.07) is 6.28. The fourth-order valence-electron chi connectivity index (χ4n) is 4.23. The van der Waals surface area contributed by atoms with Crippen molar-refractivity contribution in [2.75, 3.05) is 19.6 Å². The molecule has 3 atom stereocenters. The van der Waals surface area contributed by atoms with E-state index >= 15 is 0 Å². The van der Waals surface area contributed by atoms with Crippen LogP contribution in [0.25, 0.3) is 0 Å². The fourth-order valence-corrected chi connectivity index (χ4v) is 4.43. The summed E-state index contributed by atoms with van der Waals surface area (Å²) in [5.74, 6) is -1.07. The first kappa shape index (κ1) is 19.6. The van der Waals surface area contributed by atoms with E-state index in [9.17, 15) is 9.90 Å². The topological polar surface area (TPSA) is 93.0 Å². The number of carbonyl (C=O) groups is 1. The van der Waals surface area contributed by atoms with Crippen LogP contribution < -0.4 is 5.32 Å². The van der Waals surface area contributed by atoms with Gasteiger partial charge in [-0.25, -0.2) is 0 Å². The van der Waals surface area contributed by atoms with Crippen molar-refractivity contribution in [1.29, 1.82) is 0 Å². The highest BCUT2D eigenvalue weighted by Gasteiger charge is 2.38. The largest absolute Gasteiger partial charge is 0.481 e. The Morgan fingerprint density at radius 1 is 1.31 bits per heavy atom. The van der Waals surface area contributed by atoms with Crippen molar-refractivity contribution in [1.82, 2.24) is 10.2 Å². The molecule has 6 nitrogen and oxygen atoms in total. The average molecular weight is 381 g/mol. The molecule has 3 rings (SSSR count). The summed E-state index contributed by atoms with van der Waals surface area (Å²) in [7, 11) is -1.31. The smallest absolute Gasteiger partial charge is 0.451 e.